The van der Waals surface area contributed by atoms with E-state index in [2.05, 4.69) is 15.2 Å². The van der Waals surface area contributed by atoms with Gasteiger partial charge in [0.25, 0.3) is 0 Å². The minimum absolute atomic E-state index is 0.00990. The Hall–Kier alpha value is -2.36. The lowest BCUT2D eigenvalue weighted by Crippen LogP contribution is -2.63. The summed E-state index contributed by atoms with van der Waals surface area (Å²) in [5, 5.41) is 3.33. The molecule has 7 nitrogen and oxygen atoms in total. The lowest BCUT2D eigenvalue weighted by molar-refractivity contribution is -0.171. The number of pyridine rings is 1. The minimum atomic E-state index is -4.40. The smallest absolute Gasteiger partial charge is 0.417 e. The van der Waals surface area contributed by atoms with Crippen LogP contribution in [-0.2, 0) is 20.5 Å². The number of carbonyl (C=O) groups is 2. The molecule has 4 bridgehead atoms. The molecule has 4 saturated carbocycles. The molecule has 6 rings (SSSR count). The second kappa shape index (κ2) is 8.94. The lowest BCUT2D eigenvalue weighted by Gasteiger charge is -2.58. The number of piperazine rings is 1. The molecule has 192 valence electrons. The third kappa shape index (κ3) is 4.49. The number of alkyl halides is 3. The van der Waals surface area contributed by atoms with Gasteiger partial charge in [-0.1, -0.05) is 0 Å². The SMILES string of the molecule is COC(=O)C12CC3CC(C1)C(NC(=O)[C@H](C)N1CCN(c4ccc(C(F)(F)F)cn4)CC1)C(C3)C2. The summed E-state index contributed by atoms with van der Waals surface area (Å²) >= 11 is 0. The van der Waals surface area contributed by atoms with Crippen molar-refractivity contribution in [2.24, 2.45) is 23.2 Å². The molecule has 5 fully saturated rings. The summed E-state index contributed by atoms with van der Waals surface area (Å²) in [6.45, 7) is 4.35. The Morgan fingerprint density at radius 1 is 1.11 bits per heavy atom. The molecule has 4 aliphatic carbocycles. The van der Waals surface area contributed by atoms with Crippen LogP contribution >= 0.6 is 0 Å². The first kappa shape index (κ1) is 24.3. The summed E-state index contributed by atoms with van der Waals surface area (Å²) in [6, 6.07) is 2.27. The first-order valence-electron chi connectivity index (χ1n) is 12.5. The minimum Gasteiger partial charge on any atom is -0.469 e. The van der Waals surface area contributed by atoms with Crippen molar-refractivity contribution in [1.82, 2.24) is 15.2 Å². The van der Waals surface area contributed by atoms with Gasteiger partial charge in [-0.25, -0.2) is 4.98 Å². The van der Waals surface area contributed by atoms with Crippen molar-refractivity contribution < 1.29 is 27.5 Å². The molecule has 1 amide bonds. The fourth-order valence-corrected chi connectivity index (χ4v) is 7.26. The molecule has 0 spiro atoms. The van der Waals surface area contributed by atoms with Crippen LogP contribution in [0.25, 0.3) is 0 Å². The normalized spacial score (nSPS) is 33.5. The molecule has 3 atom stereocenters. The number of hydrogen-bond donors (Lipinski definition) is 1. The monoisotopic (exact) mass is 494 g/mol. The molecule has 1 saturated heterocycles. The average Bonchev–Trinajstić information content (AvgIpc) is 2.84. The van der Waals surface area contributed by atoms with E-state index >= 15 is 0 Å². The van der Waals surface area contributed by atoms with Gasteiger partial charge in [-0.05, 0) is 68.9 Å². The number of carbonyl (C=O) groups excluding carboxylic acids is 2. The van der Waals surface area contributed by atoms with E-state index in [4.69, 9.17) is 4.74 Å². The van der Waals surface area contributed by atoms with Crippen molar-refractivity contribution in [3.63, 3.8) is 0 Å². The number of anilines is 1. The van der Waals surface area contributed by atoms with E-state index in [1.165, 1.54) is 13.2 Å². The van der Waals surface area contributed by atoms with Crippen molar-refractivity contribution in [2.75, 3.05) is 38.2 Å². The zero-order valence-corrected chi connectivity index (χ0v) is 20.2. The predicted molar refractivity (Wildman–Crippen MR) is 122 cm³/mol. The van der Waals surface area contributed by atoms with E-state index in [1.807, 2.05) is 11.8 Å². The largest absolute Gasteiger partial charge is 0.469 e. The van der Waals surface area contributed by atoms with E-state index < -0.39 is 11.7 Å². The van der Waals surface area contributed by atoms with Gasteiger partial charge in [0.2, 0.25) is 5.91 Å². The summed E-state index contributed by atoms with van der Waals surface area (Å²) in [4.78, 5) is 33.8. The number of ether oxygens (including phenoxy) is 1. The van der Waals surface area contributed by atoms with E-state index in [9.17, 15) is 22.8 Å². The molecule has 2 unspecified atom stereocenters. The molecular weight excluding hydrogens is 461 g/mol. The van der Waals surface area contributed by atoms with Crippen molar-refractivity contribution >= 4 is 17.7 Å². The van der Waals surface area contributed by atoms with Gasteiger partial charge in [0.05, 0.1) is 24.1 Å². The van der Waals surface area contributed by atoms with E-state index in [-0.39, 0.29) is 29.4 Å². The van der Waals surface area contributed by atoms with Crippen molar-refractivity contribution in [3.05, 3.63) is 23.9 Å². The Morgan fingerprint density at radius 3 is 2.31 bits per heavy atom. The van der Waals surface area contributed by atoms with Gasteiger partial charge in [-0.15, -0.1) is 0 Å². The molecule has 1 N–H and O–H groups in total. The van der Waals surface area contributed by atoms with E-state index in [0.29, 0.717) is 49.8 Å². The first-order valence-corrected chi connectivity index (χ1v) is 12.5. The number of nitrogens with one attached hydrogen (secondary N) is 1. The number of rotatable bonds is 5. The third-order valence-corrected chi connectivity index (χ3v) is 8.84. The Bertz CT molecular complexity index is 946. The Labute approximate surface area is 203 Å². The highest BCUT2D eigenvalue weighted by molar-refractivity contribution is 5.82. The van der Waals surface area contributed by atoms with Gasteiger partial charge >= 0.3 is 12.1 Å². The molecule has 1 aromatic heterocycles. The lowest BCUT2D eigenvalue weighted by atomic mass is 9.48. The van der Waals surface area contributed by atoms with Crippen LogP contribution in [0.4, 0.5) is 19.0 Å². The number of nitrogens with zero attached hydrogens (tertiary/aromatic N) is 3. The molecule has 10 heteroatoms. The molecule has 35 heavy (non-hydrogen) atoms. The standard InChI is InChI=1S/C25H33F3N4O3/c1-15(31-5-7-32(8-6-31)20-4-3-19(14-29-20)25(26,27)28)22(33)30-21-17-9-16-10-18(21)13-24(11-16,12-17)23(34)35-2/h3-4,14-18,21H,5-13H2,1-2H3,(H,30,33)/t15-,16?,17?,18?,21?,24?/m0/s1. The van der Waals surface area contributed by atoms with Crippen LogP contribution in [0.2, 0.25) is 0 Å². The van der Waals surface area contributed by atoms with Crippen LogP contribution in [-0.4, -0.2) is 67.1 Å². The molecular formula is C25H33F3N4O3. The zero-order chi connectivity index (χ0) is 25.0. The van der Waals surface area contributed by atoms with Crippen LogP contribution in [0.5, 0.6) is 0 Å². The maximum atomic E-state index is 13.2. The maximum Gasteiger partial charge on any atom is 0.417 e. The quantitative estimate of drug-likeness (QED) is 0.635. The Kier molecular flexibility index (Phi) is 6.22. The van der Waals surface area contributed by atoms with Gasteiger partial charge < -0.3 is 15.0 Å². The first-order chi connectivity index (χ1) is 16.6. The topological polar surface area (TPSA) is 74.8 Å². The van der Waals surface area contributed by atoms with E-state index in [0.717, 1.165) is 44.4 Å². The van der Waals surface area contributed by atoms with Gasteiger partial charge in [0.15, 0.2) is 0 Å². The van der Waals surface area contributed by atoms with Crippen LogP contribution in [0.1, 0.15) is 44.6 Å². The van der Waals surface area contributed by atoms with E-state index in [1.54, 1.807) is 0 Å². The highest BCUT2D eigenvalue weighted by Gasteiger charge is 2.59. The van der Waals surface area contributed by atoms with Crippen LogP contribution in [0.15, 0.2) is 18.3 Å². The highest BCUT2D eigenvalue weighted by atomic mass is 19.4. The summed E-state index contributed by atoms with van der Waals surface area (Å²) in [5.41, 5.74) is -1.12. The number of esters is 1. The van der Waals surface area contributed by atoms with Crippen LogP contribution < -0.4 is 10.2 Å². The summed E-state index contributed by atoms with van der Waals surface area (Å²) in [7, 11) is 1.47. The number of amides is 1. The van der Waals surface area contributed by atoms with Crippen molar-refractivity contribution in [2.45, 2.75) is 57.3 Å². The molecule has 0 radical (unpaired) electrons. The molecule has 0 aromatic carbocycles. The van der Waals surface area contributed by atoms with Crippen LogP contribution in [0, 0.1) is 23.2 Å². The molecule has 5 aliphatic rings. The fraction of sp³-hybridized carbons (Fsp3) is 0.720. The summed E-state index contributed by atoms with van der Waals surface area (Å²) in [6.07, 6.45) is 1.11. The maximum absolute atomic E-state index is 13.2. The molecule has 1 aromatic rings. The van der Waals surface area contributed by atoms with Gasteiger partial charge in [0, 0.05) is 38.4 Å². The van der Waals surface area contributed by atoms with Crippen molar-refractivity contribution in [3.8, 4) is 0 Å². The Balaban J connectivity index is 1.16. The number of methoxy groups -OCH3 is 1. The number of aromatic nitrogens is 1. The zero-order valence-electron chi connectivity index (χ0n) is 20.2. The fourth-order valence-electron chi connectivity index (χ4n) is 7.26. The average molecular weight is 495 g/mol. The number of hydrogen-bond acceptors (Lipinski definition) is 6. The molecule has 2 heterocycles. The van der Waals surface area contributed by atoms with Gasteiger partial charge in [-0.2, -0.15) is 13.2 Å². The van der Waals surface area contributed by atoms with Gasteiger partial charge in [-0.3, -0.25) is 14.5 Å². The molecule has 1 aliphatic heterocycles. The second-order valence-electron chi connectivity index (χ2n) is 10.9. The summed E-state index contributed by atoms with van der Waals surface area (Å²) < 4.78 is 43.5. The Morgan fingerprint density at radius 2 is 1.77 bits per heavy atom. The van der Waals surface area contributed by atoms with Crippen LogP contribution in [0.3, 0.4) is 0 Å². The predicted octanol–water partition coefficient (Wildman–Crippen LogP) is 3.10. The third-order valence-electron chi connectivity index (χ3n) is 8.84. The summed E-state index contributed by atoms with van der Waals surface area (Å²) in [5.74, 6) is 1.62. The number of halogens is 3. The van der Waals surface area contributed by atoms with Gasteiger partial charge in [0.1, 0.15) is 5.82 Å². The second-order valence-corrected chi connectivity index (χ2v) is 10.9. The highest BCUT2D eigenvalue weighted by Crippen LogP contribution is 2.60. The van der Waals surface area contributed by atoms with Crippen molar-refractivity contribution in [1.29, 1.82) is 0 Å².